The second-order valence-corrected chi connectivity index (χ2v) is 5.68. The van der Waals surface area contributed by atoms with Crippen molar-refractivity contribution in [3.63, 3.8) is 0 Å². The van der Waals surface area contributed by atoms with Gasteiger partial charge in [-0.25, -0.2) is 0 Å². The minimum atomic E-state index is -0.508. The number of furan rings is 1. The highest BCUT2D eigenvalue weighted by molar-refractivity contribution is 5.95. The van der Waals surface area contributed by atoms with E-state index in [1.54, 1.807) is 13.0 Å². The van der Waals surface area contributed by atoms with Crippen LogP contribution >= 0.6 is 0 Å². The van der Waals surface area contributed by atoms with Crippen LogP contribution in [-0.2, 0) is 9.47 Å². The highest BCUT2D eigenvalue weighted by Gasteiger charge is 2.32. The maximum absolute atomic E-state index is 12.1. The van der Waals surface area contributed by atoms with Crippen LogP contribution in [0, 0.1) is 19.8 Å². The van der Waals surface area contributed by atoms with Crippen LogP contribution in [-0.4, -0.2) is 31.5 Å². The molecule has 112 valence electrons. The van der Waals surface area contributed by atoms with E-state index in [2.05, 4.69) is 12.2 Å². The van der Waals surface area contributed by atoms with Crippen molar-refractivity contribution in [1.82, 2.24) is 5.32 Å². The van der Waals surface area contributed by atoms with Gasteiger partial charge in [0.15, 0.2) is 5.79 Å². The van der Waals surface area contributed by atoms with Crippen molar-refractivity contribution in [2.75, 3.05) is 19.8 Å². The van der Waals surface area contributed by atoms with Gasteiger partial charge in [-0.05, 0) is 32.8 Å². The van der Waals surface area contributed by atoms with E-state index >= 15 is 0 Å². The molecule has 0 bridgehead atoms. The third-order valence-electron chi connectivity index (χ3n) is 3.51. The van der Waals surface area contributed by atoms with Gasteiger partial charge < -0.3 is 19.2 Å². The molecule has 1 aliphatic rings. The Morgan fingerprint density at radius 1 is 1.40 bits per heavy atom. The van der Waals surface area contributed by atoms with Crippen molar-refractivity contribution < 1.29 is 18.7 Å². The SMILES string of the molecule is Cc1cc(C(=O)NC[C@H](C)CC2(C)OCCO2)c(C)o1. The van der Waals surface area contributed by atoms with Gasteiger partial charge in [0.25, 0.3) is 5.91 Å². The van der Waals surface area contributed by atoms with Gasteiger partial charge in [-0.1, -0.05) is 6.92 Å². The molecular weight excluding hydrogens is 258 g/mol. The van der Waals surface area contributed by atoms with Crippen molar-refractivity contribution in [2.24, 2.45) is 5.92 Å². The van der Waals surface area contributed by atoms with Crippen molar-refractivity contribution in [2.45, 2.75) is 39.9 Å². The van der Waals surface area contributed by atoms with E-state index < -0.39 is 5.79 Å². The van der Waals surface area contributed by atoms with Crippen LogP contribution in [0.15, 0.2) is 10.5 Å². The van der Waals surface area contributed by atoms with Gasteiger partial charge in [-0.2, -0.15) is 0 Å². The van der Waals surface area contributed by atoms with Gasteiger partial charge in [0.2, 0.25) is 0 Å². The molecule has 1 N–H and O–H groups in total. The van der Waals surface area contributed by atoms with Gasteiger partial charge >= 0.3 is 0 Å². The first-order valence-electron chi connectivity index (χ1n) is 7.03. The second-order valence-electron chi connectivity index (χ2n) is 5.68. The summed E-state index contributed by atoms with van der Waals surface area (Å²) in [5, 5.41) is 2.93. The maximum Gasteiger partial charge on any atom is 0.254 e. The lowest BCUT2D eigenvalue weighted by Crippen LogP contribution is -2.34. The summed E-state index contributed by atoms with van der Waals surface area (Å²) in [5.41, 5.74) is 0.606. The fourth-order valence-electron chi connectivity index (χ4n) is 2.60. The molecule has 2 rings (SSSR count). The standard InChI is InChI=1S/C15H23NO4/c1-10(8-15(4)18-5-6-19-15)9-16-14(17)13-7-11(2)20-12(13)3/h7,10H,5-6,8-9H2,1-4H3,(H,16,17)/t10-/m1/s1. The molecule has 1 saturated heterocycles. The normalized spacial score (nSPS) is 19.0. The molecule has 1 fully saturated rings. The summed E-state index contributed by atoms with van der Waals surface area (Å²) in [7, 11) is 0. The van der Waals surface area contributed by atoms with Crippen molar-refractivity contribution in [3.05, 3.63) is 23.2 Å². The molecule has 1 amide bonds. The number of ether oxygens (including phenoxy) is 2. The Morgan fingerprint density at radius 2 is 2.05 bits per heavy atom. The largest absolute Gasteiger partial charge is 0.466 e. The summed E-state index contributed by atoms with van der Waals surface area (Å²) < 4.78 is 16.5. The fraction of sp³-hybridized carbons (Fsp3) is 0.667. The van der Waals surface area contributed by atoms with E-state index in [1.807, 2.05) is 13.8 Å². The molecule has 0 unspecified atom stereocenters. The van der Waals surface area contributed by atoms with Crippen LogP contribution in [0.3, 0.4) is 0 Å². The molecule has 5 heteroatoms. The smallest absolute Gasteiger partial charge is 0.254 e. The predicted octanol–water partition coefficient (Wildman–Crippen LogP) is 2.42. The summed E-state index contributed by atoms with van der Waals surface area (Å²) >= 11 is 0. The molecule has 1 atom stereocenters. The molecule has 5 nitrogen and oxygen atoms in total. The van der Waals surface area contributed by atoms with Crippen LogP contribution < -0.4 is 5.32 Å². The Labute approximate surface area is 119 Å². The van der Waals surface area contributed by atoms with Crippen molar-refractivity contribution in [1.29, 1.82) is 0 Å². The van der Waals surface area contributed by atoms with E-state index in [1.165, 1.54) is 0 Å². The van der Waals surface area contributed by atoms with Gasteiger partial charge in [0, 0.05) is 13.0 Å². The highest BCUT2D eigenvalue weighted by atomic mass is 16.7. The summed E-state index contributed by atoms with van der Waals surface area (Å²) in [6.45, 7) is 9.53. The lowest BCUT2D eigenvalue weighted by atomic mass is 10.0. The van der Waals surface area contributed by atoms with E-state index in [4.69, 9.17) is 13.9 Å². The minimum absolute atomic E-state index is 0.0930. The monoisotopic (exact) mass is 281 g/mol. The van der Waals surface area contributed by atoms with E-state index in [0.29, 0.717) is 31.1 Å². The third kappa shape index (κ3) is 3.61. The first-order chi connectivity index (χ1) is 9.39. The maximum atomic E-state index is 12.1. The average Bonchev–Trinajstić information content (AvgIpc) is 2.92. The Hall–Kier alpha value is -1.33. The van der Waals surface area contributed by atoms with Gasteiger partial charge in [0.05, 0.1) is 18.8 Å². The molecule has 0 aromatic carbocycles. The lowest BCUT2D eigenvalue weighted by molar-refractivity contribution is -0.153. The molecule has 0 spiro atoms. The number of amides is 1. The Morgan fingerprint density at radius 3 is 2.60 bits per heavy atom. The molecule has 20 heavy (non-hydrogen) atoms. The lowest BCUT2D eigenvalue weighted by Gasteiger charge is -2.25. The number of carbonyl (C=O) groups is 1. The van der Waals surface area contributed by atoms with Crippen LogP contribution in [0.2, 0.25) is 0 Å². The number of rotatable bonds is 5. The van der Waals surface area contributed by atoms with Crippen molar-refractivity contribution >= 4 is 5.91 Å². The Balaban J connectivity index is 1.82. The summed E-state index contributed by atoms with van der Waals surface area (Å²) in [6, 6.07) is 1.76. The molecular formula is C15H23NO4. The first-order valence-corrected chi connectivity index (χ1v) is 7.03. The summed E-state index contributed by atoms with van der Waals surface area (Å²) in [4.78, 5) is 12.1. The average molecular weight is 281 g/mol. The zero-order valence-electron chi connectivity index (χ0n) is 12.6. The topological polar surface area (TPSA) is 60.7 Å². The fourth-order valence-corrected chi connectivity index (χ4v) is 2.60. The predicted molar refractivity (Wildman–Crippen MR) is 74.6 cm³/mol. The number of hydrogen-bond donors (Lipinski definition) is 1. The quantitative estimate of drug-likeness (QED) is 0.900. The third-order valence-corrected chi connectivity index (χ3v) is 3.51. The number of hydrogen-bond acceptors (Lipinski definition) is 4. The van der Waals surface area contributed by atoms with E-state index in [9.17, 15) is 4.79 Å². The summed E-state index contributed by atoms with van der Waals surface area (Å²) in [5.74, 6) is 1.08. The second kappa shape index (κ2) is 5.97. The Kier molecular flexibility index (Phi) is 4.50. The zero-order valence-corrected chi connectivity index (χ0v) is 12.6. The molecule has 1 aliphatic heterocycles. The molecule has 0 aliphatic carbocycles. The Bertz CT molecular complexity index is 474. The van der Waals surface area contributed by atoms with E-state index in [0.717, 1.165) is 12.2 Å². The van der Waals surface area contributed by atoms with Gasteiger partial charge in [-0.3, -0.25) is 4.79 Å². The molecule has 0 saturated carbocycles. The minimum Gasteiger partial charge on any atom is -0.466 e. The van der Waals surface area contributed by atoms with Crippen molar-refractivity contribution in [3.8, 4) is 0 Å². The molecule has 2 heterocycles. The number of nitrogens with one attached hydrogen (secondary N) is 1. The molecule has 1 aromatic heterocycles. The van der Waals surface area contributed by atoms with Crippen LogP contribution in [0.4, 0.5) is 0 Å². The number of carbonyl (C=O) groups excluding carboxylic acids is 1. The first kappa shape index (κ1) is 15.1. The molecule has 0 radical (unpaired) electrons. The number of aryl methyl sites for hydroxylation is 2. The van der Waals surface area contributed by atoms with Crippen LogP contribution in [0.5, 0.6) is 0 Å². The zero-order chi connectivity index (χ0) is 14.8. The van der Waals surface area contributed by atoms with Gasteiger partial charge in [0.1, 0.15) is 11.5 Å². The van der Waals surface area contributed by atoms with Crippen LogP contribution in [0.25, 0.3) is 0 Å². The molecule has 1 aromatic rings. The summed E-state index contributed by atoms with van der Waals surface area (Å²) in [6.07, 6.45) is 0.761. The van der Waals surface area contributed by atoms with Gasteiger partial charge in [-0.15, -0.1) is 0 Å². The highest BCUT2D eigenvalue weighted by Crippen LogP contribution is 2.26. The van der Waals surface area contributed by atoms with Crippen LogP contribution in [0.1, 0.15) is 42.1 Å². The van der Waals surface area contributed by atoms with E-state index in [-0.39, 0.29) is 11.8 Å².